The summed E-state index contributed by atoms with van der Waals surface area (Å²) in [7, 11) is 1.70. The van der Waals surface area contributed by atoms with Gasteiger partial charge in [-0.05, 0) is 41.9 Å². The zero-order valence-electron chi connectivity index (χ0n) is 14.2. The lowest BCUT2D eigenvalue weighted by Gasteiger charge is -2.35. The summed E-state index contributed by atoms with van der Waals surface area (Å²) < 4.78 is 5.01. The highest BCUT2D eigenvalue weighted by Gasteiger charge is 2.21. The molecule has 1 atom stereocenters. The molecule has 4 nitrogen and oxygen atoms in total. The summed E-state index contributed by atoms with van der Waals surface area (Å²) in [6, 6.07) is 16.7. The number of hydrogen-bond donors (Lipinski definition) is 1. The number of benzene rings is 2. The Morgan fingerprint density at radius 2 is 2.04 bits per heavy atom. The topological polar surface area (TPSA) is 48.3 Å². The van der Waals surface area contributed by atoms with Gasteiger partial charge in [0.25, 0.3) is 0 Å². The van der Waals surface area contributed by atoms with Crippen molar-refractivity contribution in [2.45, 2.75) is 13.0 Å². The van der Waals surface area contributed by atoms with Gasteiger partial charge in [0, 0.05) is 31.2 Å². The quantitative estimate of drug-likeness (QED) is 0.805. The Labute approximate surface area is 143 Å². The van der Waals surface area contributed by atoms with Crippen molar-refractivity contribution >= 4 is 0 Å². The van der Waals surface area contributed by atoms with Crippen LogP contribution < -0.4 is 10.1 Å². The summed E-state index contributed by atoms with van der Waals surface area (Å²) >= 11 is 0. The van der Waals surface area contributed by atoms with Crippen LogP contribution in [0, 0.1) is 11.3 Å². The smallest absolute Gasteiger partial charge is 0.126 e. The fourth-order valence-electron chi connectivity index (χ4n) is 3.14. The maximum Gasteiger partial charge on any atom is 0.126 e. The molecule has 1 saturated heterocycles. The Balaban J connectivity index is 0.000000175. The largest absolute Gasteiger partial charge is 0.496 e. The molecular weight excluding hydrogens is 298 g/mol. The Morgan fingerprint density at radius 1 is 1.25 bits per heavy atom. The van der Waals surface area contributed by atoms with Crippen molar-refractivity contribution in [3.63, 3.8) is 0 Å². The normalized spacial score (nSPS) is 18.1. The first-order valence-corrected chi connectivity index (χ1v) is 8.40. The van der Waals surface area contributed by atoms with Gasteiger partial charge < -0.3 is 10.1 Å². The Bertz CT molecular complexity index is 734. The van der Waals surface area contributed by atoms with Gasteiger partial charge in [-0.2, -0.15) is 5.26 Å². The number of likely N-dealkylation sites (N-methyl/N-ethyl adjacent to an activating group) is 1. The highest BCUT2D eigenvalue weighted by molar-refractivity contribution is 5.87. The number of hydrogen-bond acceptors (Lipinski definition) is 4. The summed E-state index contributed by atoms with van der Waals surface area (Å²) in [5.41, 5.74) is 4.65. The van der Waals surface area contributed by atoms with Crippen LogP contribution in [0.1, 0.15) is 24.1 Å². The lowest BCUT2D eigenvalue weighted by molar-refractivity contribution is 0.171. The first kappa shape index (κ1) is 16.5. The predicted molar refractivity (Wildman–Crippen MR) is 96.0 cm³/mol. The summed E-state index contributed by atoms with van der Waals surface area (Å²) in [5.74, 6) is 1.01. The zero-order valence-corrected chi connectivity index (χ0v) is 14.2. The van der Waals surface area contributed by atoms with E-state index in [4.69, 9.17) is 10.00 Å². The minimum absolute atomic E-state index is 0.450. The van der Waals surface area contributed by atoms with Gasteiger partial charge >= 0.3 is 0 Å². The molecule has 0 saturated carbocycles. The van der Waals surface area contributed by atoms with Gasteiger partial charge in [0.05, 0.1) is 18.7 Å². The van der Waals surface area contributed by atoms with Crippen LogP contribution in [0.15, 0.2) is 42.5 Å². The van der Waals surface area contributed by atoms with Crippen LogP contribution in [0.3, 0.4) is 0 Å². The SMILES string of the molecule is CCN1CCNCC1c1ccc(C#N)cc1.COc1ccc2cc1-2. The van der Waals surface area contributed by atoms with Crippen molar-refractivity contribution in [2.24, 2.45) is 0 Å². The third-order valence-corrected chi connectivity index (χ3v) is 4.61. The lowest BCUT2D eigenvalue weighted by atomic mass is 10.0. The van der Waals surface area contributed by atoms with Crippen LogP contribution in [-0.4, -0.2) is 38.2 Å². The van der Waals surface area contributed by atoms with E-state index in [0.717, 1.165) is 37.5 Å². The number of fused-ring (bicyclic) bond motifs is 1. The van der Waals surface area contributed by atoms with E-state index in [0.29, 0.717) is 6.04 Å². The highest BCUT2D eigenvalue weighted by Crippen LogP contribution is 2.43. The van der Waals surface area contributed by atoms with E-state index in [2.05, 4.69) is 47.5 Å². The number of piperazine rings is 1. The number of methoxy groups -OCH3 is 1. The maximum absolute atomic E-state index is 8.76. The van der Waals surface area contributed by atoms with Gasteiger partial charge in [0.2, 0.25) is 0 Å². The number of nitriles is 1. The average molecular weight is 321 g/mol. The molecule has 1 N–H and O–H groups in total. The molecule has 3 aliphatic rings. The van der Waals surface area contributed by atoms with Crippen molar-refractivity contribution in [1.82, 2.24) is 10.2 Å². The van der Waals surface area contributed by atoms with Crippen molar-refractivity contribution in [3.05, 3.63) is 53.6 Å². The minimum atomic E-state index is 0.450. The van der Waals surface area contributed by atoms with Gasteiger partial charge in [0.1, 0.15) is 5.75 Å². The molecule has 1 aliphatic heterocycles. The molecule has 1 aromatic rings. The molecule has 1 unspecified atom stereocenters. The number of rotatable bonds is 3. The van der Waals surface area contributed by atoms with Crippen LogP contribution in [0.4, 0.5) is 0 Å². The molecule has 2 aliphatic carbocycles. The molecule has 24 heavy (non-hydrogen) atoms. The van der Waals surface area contributed by atoms with E-state index in [1.807, 2.05) is 18.2 Å². The second kappa shape index (κ2) is 7.48. The molecule has 1 aromatic carbocycles. The third kappa shape index (κ3) is 3.59. The number of nitrogens with one attached hydrogen (secondary N) is 1. The first-order valence-electron chi connectivity index (χ1n) is 8.40. The third-order valence-electron chi connectivity index (χ3n) is 4.61. The number of ether oxygens (including phenoxy) is 1. The predicted octanol–water partition coefficient (Wildman–Crippen LogP) is 3.20. The molecule has 1 fully saturated rings. The van der Waals surface area contributed by atoms with Crippen LogP contribution in [-0.2, 0) is 0 Å². The van der Waals surface area contributed by atoms with Gasteiger partial charge in [-0.1, -0.05) is 25.1 Å². The Hall–Kier alpha value is -2.35. The van der Waals surface area contributed by atoms with Crippen molar-refractivity contribution in [1.29, 1.82) is 5.26 Å². The molecule has 0 aromatic heterocycles. The summed E-state index contributed by atoms with van der Waals surface area (Å²) in [6.45, 7) is 6.44. The number of nitrogens with zero attached hydrogens (tertiary/aromatic N) is 2. The molecule has 0 amide bonds. The van der Waals surface area contributed by atoms with Crippen molar-refractivity contribution < 1.29 is 4.74 Å². The van der Waals surface area contributed by atoms with E-state index in [1.54, 1.807) is 7.11 Å². The molecular formula is C20H23N3O. The zero-order chi connectivity index (χ0) is 16.9. The van der Waals surface area contributed by atoms with Gasteiger partial charge in [-0.3, -0.25) is 4.90 Å². The molecule has 4 heteroatoms. The fraction of sp³-hybridized carbons (Fsp3) is 0.350. The molecule has 0 spiro atoms. The Kier molecular flexibility index (Phi) is 5.14. The van der Waals surface area contributed by atoms with Crippen LogP contribution >= 0.6 is 0 Å². The monoisotopic (exact) mass is 321 g/mol. The van der Waals surface area contributed by atoms with Gasteiger partial charge in [0.15, 0.2) is 0 Å². The lowest BCUT2D eigenvalue weighted by Crippen LogP contribution is -2.45. The molecule has 124 valence electrons. The van der Waals surface area contributed by atoms with E-state index in [-0.39, 0.29) is 0 Å². The van der Waals surface area contributed by atoms with E-state index < -0.39 is 0 Å². The molecule has 0 radical (unpaired) electrons. The van der Waals surface area contributed by atoms with Gasteiger partial charge in [-0.25, -0.2) is 0 Å². The standard InChI is InChI=1S/C13H17N3.C7H6O/c1-2-16-8-7-15-10-13(16)12-5-3-11(9-14)4-6-12;1-8-7-3-2-5-4-6(5)7/h3-6,13,15H,2,7-8,10H2,1H3;2-4H,1H3. The average Bonchev–Trinajstić information content (AvgIpc) is 3.33. The Morgan fingerprint density at radius 3 is 2.54 bits per heavy atom. The van der Waals surface area contributed by atoms with Crippen molar-refractivity contribution in [3.8, 4) is 22.9 Å². The fourth-order valence-corrected chi connectivity index (χ4v) is 3.14. The second-order valence-electron chi connectivity index (χ2n) is 6.00. The summed E-state index contributed by atoms with van der Waals surface area (Å²) in [5, 5.41) is 12.2. The minimum Gasteiger partial charge on any atom is -0.496 e. The summed E-state index contributed by atoms with van der Waals surface area (Å²) in [4.78, 5) is 2.47. The van der Waals surface area contributed by atoms with E-state index in [9.17, 15) is 0 Å². The van der Waals surface area contributed by atoms with E-state index >= 15 is 0 Å². The highest BCUT2D eigenvalue weighted by atomic mass is 16.5. The maximum atomic E-state index is 8.76. The van der Waals surface area contributed by atoms with Gasteiger partial charge in [-0.15, -0.1) is 0 Å². The van der Waals surface area contributed by atoms with Crippen molar-refractivity contribution in [2.75, 3.05) is 33.3 Å². The second-order valence-corrected chi connectivity index (χ2v) is 6.00. The summed E-state index contributed by atoms with van der Waals surface area (Å²) in [6.07, 6.45) is 0. The molecule has 1 heterocycles. The van der Waals surface area contributed by atoms with Crippen LogP contribution in [0.25, 0.3) is 11.1 Å². The van der Waals surface area contributed by atoms with Crippen LogP contribution in [0.2, 0.25) is 0 Å². The first-order chi connectivity index (χ1) is 11.8. The molecule has 0 bridgehead atoms. The van der Waals surface area contributed by atoms with Crippen LogP contribution in [0.5, 0.6) is 5.75 Å². The molecule has 4 rings (SSSR count). The van der Waals surface area contributed by atoms with E-state index in [1.165, 1.54) is 16.7 Å².